The highest BCUT2D eigenvalue weighted by Gasteiger charge is 2.13. The van der Waals surface area contributed by atoms with Gasteiger partial charge in [0.1, 0.15) is 11.5 Å². The van der Waals surface area contributed by atoms with Crippen molar-refractivity contribution in [1.82, 2.24) is 5.32 Å². The van der Waals surface area contributed by atoms with Crippen LogP contribution in [0, 0.1) is 0 Å². The number of amides is 1. The average molecular weight is 225 g/mol. The fraction of sp³-hybridized carbons (Fsp3) is 0.364. The molecule has 1 rings (SSSR count). The van der Waals surface area contributed by atoms with Crippen LogP contribution in [0.5, 0.6) is 11.5 Å². The molecule has 0 aliphatic rings. The third-order valence-corrected chi connectivity index (χ3v) is 2.17. The molecular formula is C11H15NO4. The zero-order valence-electron chi connectivity index (χ0n) is 8.97. The molecule has 0 saturated heterocycles. The summed E-state index contributed by atoms with van der Waals surface area (Å²) in [6.45, 7) is 1.74. The van der Waals surface area contributed by atoms with Crippen molar-refractivity contribution in [2.24, 2.45) is 0 Å². The molecule has 0 fully saturated rings. The van der Waals surface area contributed by atoms with Gasteiger partial charge in [-0.3, -0.25) is 4.79 Å². The van der Waals surface area contributed by atoms with E-state index in [1.165, 1.54) is 12.1 Å². The standard InChI is InChI=1S/C11H15NO4/c1-7(4-5-13)12-11(16)9-3-2-8(14)6-10(9)15/h2-3,6-7,13-15H,4-5H2,1H3,(H,12,16). The van der Waals surface area contributed by atoms with Gasteiger partial charge in [-0.05, 0) is 25.5 Å². The number of carbonyl (C=O) groups excluding carboxylic acids is 1. The third-order valence-electron chi connectivity index (χ3n) is 2.17. The molecule has 88 valence electrons. The normalized spacial score (nSPS) is 12.1. The summed E-state index contributed by atoms with van der Waals surface area (Å²) in [7, 11) is 0. The molecule has 5 nitrogen and oxygen atoms in total. The van der Waals surface area contributed by atoms with E-state index in [1.807, 2.05) is 0 Å². The van der Waals surface area contributed by atoms with Crippen molar-refractivity contribution in [2.75, 3.05) is 6.61 Å². The summed E-state index contributed by atoms with van der Waals surface area (Å²) in [5.41, 5.74) is 0.0996. The monoisotopic (exact) mass is 225 g/mol. The lowest BCUT2D eigenvalue weighted by Crippen LogP contribution is -2.33. The van der Waals surface area contributed by atoms with Crippen molar-refractivity contribution in [3.05, 3.63) is 23.8 Å². The average Bonchev–Trinajstić information content (AvgIpc) is 2.17. The molecule has 0 heterocycles. The van der Waals surface area contributed by atoms with Crippen LogP contribution >= 0.6 is 0 Å². The van der Waals surface area contributed by atoms with Crippen molar-refractivity contribution >= 4 is 5.91 Å². The van der Waals surface area contributed by atoms with Crippen molar-refractivity contribution < 1.29 is 20.1 Å². The molecule has 1 atom stereocenters. The van der Waals surface area contributed by atoms with Crippen LogP contribution in [-0.4, -0.2) is 33.9 Å². The Morgan fingerprint density at radius 2 is 2.12 bits per heavy atom. The smallest absolute Gasteiger partial charge is 0.255 e. The molecule has 0 aromatic heterocycles. The van der Waals surface area contributed by atoms with Gasteiger partial charge in [-0.15, -0.1) is 0 Å². The molecule has 1 aromatic carbocycles. The van der Waals surface area contributed by atoms with Crippen LogP contribution in [0.2, 0.25) is 0 Å². The van der Waals surface area contributed by atoms with E-state index in [0.29, 0.717) is 6.42 Å². The van der Waals surface area contributed by atoms with E-state index in [9.17, 15) is 9.90 Å². The third kappa shape index (κ3) is 3.13. The highest BCUT2D eigenvalue weighted by atomic mass is 16.3. The van der Waals surface area contributed by atoms with Gasteiger partial charge in [0.2, 0.25) is 0 Å². The molecule has 0 aliphatic heterocycles. The highest BCUT2D eigenvalue weighted by molar-refractivity contribution is 5.97. The Balaban J connectivity index is 2.73. The number of phenols is 2. The molecule has 5 heteroatoms. The Bertz CT molecular complexity index is 378. The maximum absolute atomic E-state index is 11.6. The lowest BCUT2D eigenvalue weighted by molar-refractivity contribution is 0.0931. The molecular weight excluding hydrogens is 210 g/mol. The number of aliphatic hydroxyl groups is 1. The van der Waals surface area contributed by atoms with Crippen LogP contribution in [0.1, 0.15) is 23.7 Å². The summed E-state index contributed by atoms with van der Waals surface area (Å²) in [5.74, 6) is -0.801. The molecule has 16 heavy (non-hydrogen) atoms. The number of rotatable bonds is 4. The Hall–Kier alpha value is -1.75. The van der Waals surface area contributed by atoms with Crippen LogP contribution in [0.25, 0.3) is 0 Å². The van der Waals surface area contributed by atoms with E-state index in [4.69, 9.17) is 10.2 Å². The van der Waals surface area contributed by atoms with Gasteiger partial charge >= 0.3 is 0 Å². The van der Waals surface area contributed by atoms with Gasteiger partial charge in [0.15, 0.2) is 0 Å². The fourth-order valence-electron chi connectivity index (χ4n) is 1.28. The number of hydrogen-bond donors (Lipinski definition) is 4. The molecule has 0 aliphatic carbocycles. The number of aliphatic hydroxyl groups excluding tert-OH is 1. The minimum atomic E-state index is -0.432. The number of hydrogen-bond acceptors (Lipinski definition) is 4. The molecule has 0 bridgehead atoms. The first-order chi connectivity index (χ1) is 7.54. The number of benzene rings is 1. The van der Waals surface area contributed by atoms with E-state index in [1.54, 1.807) is 6.92 Å². The quantitative estimate of drug-likeness (QED) is 0.604. The van der Waals surface area contributed by atoms with Crippen LogP contribution in [0.3, 0.4) is 0 Å². The summed E-state index contributed by atoms with van der Waals surface area (Å²) in [6.07, 6.45) is 0.449. The van der Waals surface area contributed by atoms with E-state index >= 15 is 0 Å². The zero-order valence-corrected chi connectivity index (χ0v) is 8.97. The molecule has 1 unspecified atom stereocenters. The van der Waals surface area contributed by atoms with Crippen molar-refractivity contribution in [3.8, 4) is 11.5 Å². The van der Waals surface area contributed by atoms with E-state index in [0.717, 1.165) is 6.07 Å². The Morgan fingerprint density at radius 3 is 2.69 bits per heavy atom. The van der Waals surface area contributed by atoms with Crippen LogP contribution in [-0.2, 0) is 0 Å². The SMILES string of the molecule is CC(CCO)NC(=O)c1ccc(O)cc1O. The van der Waals surface area contributed by atoms with Crippen molar-refractivity contribution in [1.29, 1.82) is 0 Å². The second-order valence-corrected chi connectivity index (χ2v) is 3.59. The second-order valence-electron chi connectivity index (χ2n) is 3.59. The minimum absolute atomic E-state index is 0.0109. The number of phenolic OH excluding ortho intramolecular Hbond substituents is 2. The predicted octanol–water partition coefficient (Wildman–Crippen LogP) is 0.599. The molecule has 1 aromatic rings. The van der Waals surface area contributed by atoms with Crippen molar-refractivity contribution in [3.63, 3.8) is 0 Å². The molecule has 0 spiro atoms. The minimum Gasteiger partial charge on any atom is -0.508 e. The van der Waals surface area contributed by atoms with E-state index < -0.39 is 5.91 Å². The zero-order chi connectivity index (χ0) is 12.1. The first-order valence-electron chi connectivity index (χ1n) is 4.98. The highest BCUT2D eigenvalue weighted by Crippen LogP contribution is 2.22. The molecule has 1 amide bonds. The van der Waals surface area contributed by atoms with Gasteiger partial charge in [-0.1, -0.05) is 0 Å². The Morgan fingerprint density at radius 1 is 1.44 bits per heavy atom. The molecule has 0 radical (unpaired) electrons. The summed E-state index contributed by atoms with van der Waals surface area (Å²) in [4.78, 5) is 11.6. The van der Waals surface area contributed by atoms with Crippen LogP contribution in [0.4, 0.5) is 0 Å². The van der Waals surface area contributed by atoms with Crippen LogP contribution < -0.4 is 5.32 Å². The lowest BCUT2D eigenvalue weighted by atomic mass is 10.1. The summed E-state index contributed by atoms with van der Waals surface area (Å²) < 4.78 is 0. The molecule has 4 N–H and O–H groups in total. The van der Waals surface area contributed by atoms with E-state index in [-0.39, 0.29) is 29.7 Å². The van der Waals surface area contributed by atoms with E-state index in [2.05, 4.69) is 5.32 Å². The summed E-state index contributed by atoms with van der Waals surface area (Å²) in [5, 5.41) is 29.8. The topological polar surface area (TPSA) is 89.8 Å². The first kappa shape index (κ1) is 12.3. The molecule has 0 saturated carbocycles. The lowest BCUT2D eigenvalue weighted by Gasteiger charge is -2.13. The maximum Gasteiger partial charge on any atom is 0.255 e. The van der Waals surface area contributed by atoms with Gasteiger partial charge in [-0.2, -0.15) is 0 Å². The van der Waals surface area contributed by atoms with Gasteiger partial charge in [0, 0.05) is 18.7 Å². The van der Waals surface area contributed by atoms with Gasteiger partial charge in [0.05, 0.1) is 5.56 Å². The van der Waals surface area contributed by atoms with Gasteiger partial charge < -0.3 is 20.6 Å². The van der Waals surface area contributed by atoms with Crippen LogP contribution in [0.15, 0.2) is 18.2 Å². The van der Waals surface area contributed by atoms with Gasteiger partial charge in [-0.25, -0.2) is 0 Å². The summed E-state index contributed by atoms with van der Waals surface area (Å²) >= 11 is 0. The number of nitrogens with one attached hydrogen (secondary N) is 1. The Kier molecular flexibility index (Phi) is 4.13. The second kappa shape index (κ2) is 5.37. The Labute approximate surface area is 93.4 Å². The number of aromatic hydroxyl groups is 2. The number of carbonyl (C=O) groups is 1. The largest absolute Gasteiger partial charge is 0.508 e. The first-order valence-corrected chi connectivity index (χ1v) is 4.98. The maximum atomic E-state index is 11.6. The van der Waals surface area contributed by atoms with Gasteiger partial charge in [0.25, 0.3) is 5.91 Å². The predicted molar refractivity (Wildman–Crippen MR) is 58.4 cm³/mol. The fourth-order valence-corrected chi connectivity index (χ4v) is 1.28. The van der Waals surface area contributed by atoms with Crippen molar-refractivity contribution in [2.45, 2.75) is 19.4 Å². The summed E-state index contributed by atoms with van der Waals surface area (Å²) in [6, 6.07) is 3.59.